The van der Waals surface area contributed by atoms with E-state index in [1.54, 1.807) is 0 Å². The molecule has 54 heavy (non-hydrogen) atoms. The molecule has 310 valence electrons. The topological polar surface area (TPSA) is 89.9 Å². The third kappa shape index (κ3) is 10.6. The molecule has 3 unspecified atom stereocenters. The van der Waals surface area contributed by atoms with Gasteiger partial charge in [-0.05, 0) is 142 Å². The average molecular weight is 753 g/mol. The van der Waals surface area contributed by atoms with Crippen LogP contribution in [0.4, 0.5) is 0 Å². The van der Waals surface area contributed by atoms with Gasteiger partial charge in [-0.3, -0.25) is 9.59 Å². The highest BCUT2D eigenvalue weighted by molar-refractivity contribution is 5.78. The fraction of sp³-hybridized carbons (Fsp3) is 0.917. The Bertz CT molecular complexity index is 1190. The van der Waals surface area contributed by atoms with Gasteiger partial charge < -0.3 is 20.4 Å². The number of carbonyl (C=O) groups excluding carboxylic acids is 2. The molecule has 4 saturated carbocycles. The Morgan fingerprint density at radius 3 is 2.13 bits per heavy atom. The number of hydrogen-bond donors (Lipinski definition) is 3. The molecule has 5 rings (SSSR count). The molecule has 3 N–H and O–H groups in total. The van der Waals surface area contributed by atoms with Crippen molar-refractivity contribution in [1.29, 1.82) is 0 Å². The number of carbonyl (C=O) groups is 2. The van der Waals surface area contributed by atoms with Crippen LogP contribution in [0.25, 0.3) is 0 Å². The maximum absolute atomic E-state index is 13.2. The van der Waals surface area contributed by atoms with Crippen LogP contribution in [0.2, 0.25) is 0 Å². The number of nitrogens with zero attached hydrogens (tertiary/aromatic N) is 1. The van der Waals surface area contributed by atoms with E-state index in [4.69, 9.17) is 0 Å². The highest BCUT2D eigenvalue weighted by Crippen LogP contribution is 2.69. The number of aliphatic hydroxyl groups is 2. The third-order valence-electron chi connectivity index (χ3n) is 16.5. The minimum Gasteiger partial charge on any atom is -0.393 e. The molecule has 0 radical (unpaired) electrons. The van der Waals surface area contributed by atoms with E-state index in [2.05, 4.69) is 52.1 Å². The summed E-state index contributed by atoms with van der Waals surface area (Å²) in [5.74, 6) is 3.70. The molecular weight excluding hydrogens is 669 g/mol. The van der Waals surface area contributed by atoms with Crippen molar-refractivity contribution in [3.63, 3.8) is 0 Å². The molecule has 0 aromatic heterocycles. The van der Waals surface area contributed by atoms with E-state index < -0.39 is 0 Å². The van der Waals surface area contributed by atoms with Crippen LogP contribution >= 0.6 is 0 Å². The van der Waals surface area contributed by atoms with Gasteiger partial charge in [0.15, 0.2) is 0 Å². The van der Waals surface area contributed by atoms with Gasteiger partial charge in [0, 0.05) is 32.0 Å². The Balaban J connectivity index is 0.960. The van der Waals surface area contributed by atoms with Crippen LogP contribution in [0.15, 0.2) is 12.2 Å². The minimum atomic E-state index is -0.257. The van der Waals surface area contributed by atoms with Crippen LogP contribution in [0, 0.1) is 52.3 Å². The highest BCUT2D eigenvalue weighted by Gasteiger charge is 2.64. The number of likely N-dealkylation sites (tertiary alicyclic amines) is 1. The summed E-state index contributed by atoms with van der Waals surface area (Å²) < 4.78 is 0. The molecule has 1 heterocycles. The molecule has 0 bridgehead atoms. The summed E-state index contributed by atoms with van der Waals surface area (Å²) in [7, 11) is 0. The van der Waals surface area contributed by atoms with Gasteiger partial charge in [0.1, 0.15) is 0 Å². The van der Waals surface area contributed by atoms with E-state index >= 15 is 0 Å². The molecular formula is C48H84N2O4. The molecule has 2 amide bonds. The number of hydrogen-bond acceptors (Lipinski definition) is 4. The standard InChI is InChI=1S/C48H84N2O4/c1-6-8-9-10-11-12-13-14-15-16-17-18-19-20-21-22-44(53)50-32-29-36(34-50)49-43(52)26-23-35(3)39-24-25-40-45-41(28-31-47(39,40)4)48(5)30-27-37(51)33-42(48)38(7-2)46(45)54/h14-15,35-42,45-46,51,54H,6-13,16-34H2,1-5H3,(H,49,52)/b15-14-/t35-,36-,37?,38-,39?,40+,41+,42?,45+,46-,47-,48-/m1/s1. The highest BCUT2D eigenvalue weighted by atomic mass is 16.3. The summed E-state index contributed by atoms with van der Waals surface area (Å²) in [4.78, 5) is 28.1. The van der Waals surface area contributed by atoms with Crippen molar-refractivity contribution < 1.29 is 19.8 Å². The van der Waals surface area contributed by atoms with Crippen molar-refractivity contribution in [1.82, 2.24) is 10.2 Å². The summed E-state index contributed by atoms with van der Waals surface area (Å²) in [6, 6.07) is 0.0833. The zero-order valence-electron chi connectivity index (χ0n) is 35.7. The zero-order chi connectivity index (χ0) is 38.7. The first kappa shape index (κ1) is 43.7. The Kier molecular flexibility index (Phi) is 16.9. The van der Waals surface area contributed by atoms with E-state index in [1.165, 1.54) is 96.3 Å². The largest absolute Gasteiger partial charge is 0.393 e. The van der Waals surface area contributed by atoms with Gasteiger partial charge in [-0.2, -0.15) is 0 Å². The van der Waals surface area contributed by atoms with Crippen molar-refractivity contribution in [2.75, 3.05) is 13.1 Å². The summed E-state index contributed by atoms with van der Waals surface area (Å²) >= 11 is 0. The molecule has 5 fully saturated rings. The van der Waals surface area contributed by atoms with Crippen LogP contribution in [0.5, 0.6) is 0 Å². The predicted molar refractivity (Wildman–Crippen MR) is 223 cm³/mol. The molecule has 0 spiro atoms. The monoisotopic (exact) mass is 753 g/mol. The first-order chi connectivity index (χ1) is 26.0. The fourth-order valence-electron chi connectivity index (χ4n) is 13.4. The first-order valence-electron chi connectivity index (χ1n) is 23.6. The van der Waals surface area contributed by atoms with Gasteiger partial charge in [0.05, 0.1) is 12.2 Å². The number of amides is 2. The molecule has 0 aromatic rings. The molecule has 1 aliphatic heterocycles. The molecule has 12 atom stereocenters. The van der Waals surface area contributed by atoms with Crippen LogP contribution < -0.4 is 5.32 Å². The van der Waals surface area contributed by atoms with Crippen LogP contribution in [-0.4, -0.2) is 58.3 Å². The van der Waals surface area contributed by atoms with Crippen LogP contribution in [-0.2, 0) is 9.59 Å². The molecule has 4 aliphatic carbocycles. The second kappa shape index (κ2) is 20.9. The SMILES string of the molecule is CCCCCCCC/C=C\CCCCCCCC(=O)N1CC[C@@H](NC(=O)CC[C@@H](C)C2CC[C@H]3[C@@H]4[C@H](O)[C@H](CC)C5CC(O)CC[C@]5(C)[C@H]4CC[C@]23C)C1. The second-order valence-electron chi connectivity index (χ2n) is 19.9. The number of aliphatic hydroxyl groups excluding tert-OH is 2. The Labute approximate surface area is 331 Å². The van der Waals surface area contributed by atoms with Gasteiger partial charge in [-0.25, -0.2) is 0 Å². The number of unbranched alkanes of at least 4 members (excludes halogenated alkanes) is 11. The van der Waals surface area contributed by atoms with E-state index in [9.17, 15) is 19.8 Å². The third-order valence-corrected chi connectivity index (χ3v) is 16.5. The zero-order valence-corrected chi connectivity index (χ0v) is 35.7. The van der Waals surface area contributed by atoms with E-state index in [0.717, 1.165) is 57.9 Å². The quantitative estimate of drug-likeness (QED) is 0.0804. The van der Waals surface area contributed by atoms with Gasteiger partial charge in [-0.15, -0.1) is 0 Å². The predicted octanol–water partition coefficient (Wildman–Crippen LogP) is 10.8. The van der Waals surface area contributed by atoms with Gasteiger partial charge in [-0.1, -0.05) is 105 Å². The van der Waals surface area contributed by atoms with Crippen LogP contribution in [0.3, 0.4) is 0 Å². The number of allylic oxidation sites excluding steroid dienone is 2. The first-order valence-corrected chi connectivity index (χ1v) is 23.6. The summed E-state index contributed by atoms with van der Waals surface area (Å²) in [6.45, 7) is 13.4. The van der Waals surface area contributed by atoms with Crippen molar-refractivity contribution >= 4 is 11.8 Å². The fourth-order valence-corrected chi connectivity index (χ4v) is 13.4. The van der Waals surface area contributed by atoms with Crippen molar-refractivity contribution in [3.05, 3.63) is 12.2 Å². The lowest BCUT2D eigenvalue weighted by Crippen LogP contribution is -2.62. The Morgan fingerprint density at radius 2 is 1.43 bits per heavy atom. The van der Waals surface area contributed by atoms with E-state index in [1.807, 2.05) is 4.90 Å². The minimum absolute atomic E-state index is 0.0833. The molecule has 6 nitrogen and oxygen atoms in total. The smallest absolute Gasteiger partial charge is 0.222 e. The normalized spacial score (nSPS) is 36.9. The average Bonchev–Trinajstić information content (AvgIpc) is 3.77. The Hall–Kier alpha value is -1.40. The van der Waals surface area contributed by atoms with Crippen molar-refractivity contribution in [2.24, 2.45) is 52.3 Å². The summed E-state index contributed by atoms with van der Waals surface area (Å²) in [5, 5.41) is 25.9. The lowest BCUT2D eigenvalue weighted by molar-refractivity contribution is -0.203. The van der Waals surface area contributed by atoms with Crippen LogP contribution in [0.1, 0.15) is 195 Å². The number of nitrogens with one attached hydrogen (secondary N) is 1. The molecule has 5 aliphatic rings. The number of rotatable bonds is 21. The van der Waals surface area contributed by atoms with E-state index in [0.29, 0.717) is 60.8 Å². The maximum atomic E-state index is 13.2. The summed E-state index contributed by atoms with van der Waals surface area (Å²) in [6.07, 6.45) is 32.5. The molecule has 6 heteroatoms. The van der Waals surface area contributed by atoms with Gasteiger partial charge in [0.25, 0.3) is 0 Å². The van der Waals surface area contributed by atoms with Crippen molar-refractivity contribution in [3.8, 4) is 0 Å². The lowest BCUT2D eigenvalue weighted by atomic mass is 9.41. The van der Waals surface area contributed by atoms with Gasteiger partial charge in [0.2, 0.25) is 11.8 Å². The van der Waals surface area contributed by atoms with Gasteiger partial charge >= 0.3 is 0 Å². The Morgan fingerprint density at radius 1 is 0.778 bits per heavy atom. The number of fused-ring (bicyclic) bond motifs is 5. The molecule has 1 saturated heterocycles. The van der Waals surface area contributed by atoms with Crippen molar-refractivity contribution in [2.45, 2.75) is 213 Å². The second-order valence-corrected chi connectivity index (χ2v) is 19.9. The molecule has 0 aromatic carbocycles. The maximum Gasteiger partial charge on any atom is 0.222 e. The summed E-state index contributed by atoms with van der Waals surface area (Å²) in [5.41, 5.74) is 0.460. The van der Waals surface area contributed by atoms with E-state index in [-0.39, 0.29) is 40.9 Å². The lowest BCUT2D eigenvalue weighted by Gasteiger charge is -2.64.